The summed E-state index contributed by atoms with van der Waals surface area (Å²) in [6, 6.07) is 10.1. The fraction of sp³-hybridized carbons (Fsp3) is 0.529. The summed E-state index contributed by atoms with van der Waals surface area (Å²) in [5.74, 6) is 0.113. The van der Waals surface area contributed by atoms with Gasteiger partial charge in [0.05, 0.1) is 12.0 Å². The molecular formula is C17H24N2O2. The third kappa shape index (κ3) is 3.84. The lowest BCUT2D eigenvalue weighted by atomic mass is 9.88. The van der Waals surface area contributed by atoms with Crippen molar-refractivity contribution in [3.63, 3.8) is 0 Å². The van der Waals surface area contributed by atoms with E-state index in [9.17, 15) is 9.59 Å². The Balaban J connectivity index is 2.12. The van der Waals surface area contributed by atoms with Gasteiger partial charge in [-0.2, -0.15) is 0 Å². The molecular weight excluding hydrogens is 264 g/mol. The summed E-state index contributed by atoms with van der Waals surface area (Å²) in [6.45, 7) is 4.75. The molecule has 4 nitrogen and oxygen atoms in total. The van der Waals surface area contributed by atoms with E-state index >= 15 is 0 Å². The maximum atomic E-state index is 12.4. The zero-order chi connectivity index (χ0) is 15.2. The van der Waals surface area contributed by atoms with Gasteiger partial charge in [-0.1, -0.05) is 57.0 Å². The Labute approximate surface area is 126 Å². The predicted octanol–water partition coefficient (Wildman–Crippen LogP) is 2.42. The van der Waals surface area contributed by atoms with E-state index < -0.39 is 0 Å². The van der Waals surface area contributed by atoms with E-state index in [4.69, 9.17) is 0 Å². The molecule has 0 spiro atoms. The molecule has 2 unspecified atom stereocenters. The Morgan fingerprint density at radius 1 is 1.29 bits per heavy atom. The molecule has 1 aliphatic rings. The van der Waals surface area contributed by atoms with Crippen LogP contribution in [0.3, 0.4) is 0 Å². The molecule has 1 aromatic rings. The molecule has 0 bridgehead atoms. The van der Waals surface area contributed by atoms with Gasteiger partial charge in [0.25, 0.3) is 0 Å². The van der Waals surface area contributed by atoms with Crippen LogP contribution in [-0.2, 0) is 9.59 Å². The lowest BCUT2D eigenvalue weighted by Gasteiger charge is -2.28. The standard InChI is InChI=1S/C17H24N2O2/c1-3-12(4-2)16(13-8-6-5-7-9-13)19-17(21)14-10-15(20)18-11-14/h5-9,12,14,16H,3-4,10-11H2,1-2H3,(H,18,20)(H,19,21). The van der Waals surface area contributed by atoms with Crippen LogP contribution in [0.1, 0.15) is 44.7 Å². The Bertz CT molecular complexity index is 483. The maximum Gasteiger partial charge on any atom is 0.225 e. The van der Waals surface area contributed by atoms with Crippen molar-refractivity contribution in [1.82, 2.24) is 10.6 Å². The average Bonchev–Trinajstić information content (AvgIpc) is 2.95. The molecule has 1 aliphatic heterocycles. The summed E-state index contributed by atoms with van der Waals surface area (Å²) < 4.78 is 0. The van der Waals surface area contributed by atoms with Gasteiger partial charge in [-0.15, -0.1) is 0 Å². The second-order valence-corrected chi connectivity index (χ2v) is 5.68. The van der Waals surface area contributed by atoms with E-state index in [2.05, 4.69) is 36.6 Å². The average molecular weight is 288 g/mol. The Morgan fingerprint density at radius 2 is 1.95 bits per heavy atom. The minimum Gasteiger partial charge on any atom is -0.355 e. The van der Waals surface area contributed by atoms with Gasteiger partial charge in [0.1, 0.15) is 0 Å². The molecule has 114 valence electrons. The minimum absolute atomic E-state index is 0.0180. The van der Waals surface area contributed by atoms with Gasteiger partial charge in [0.15, 0.2) is 0 Å². The van der Waals surface area contributed by atoms with Crippen molar-refractivity contribution in [3.8, 4) is 0 Å². The Hall–Kier alpha value is -1.84. The molecule has 2 rings (SSSR count). The van der Waals surface area contributed by atoms with Crippen molar-refractivity contribution >= 4 is 11.8 Å². The molecule has 1 heterocycles. The van der Waals surface area contributed by atoms with Crippen LogP contribution in [0, 0.1) is 11.8 Å². The smallest absolute Gasteiger partial charge is 0.225 e. The number of nitrogens with one attached hydrogen (secondary N) is 2. The van der Waals surface area contributed by atoms with Gasteiger partial charge < -0.3 is 10.6 Å². The van der Waals surface area contributed by atoms with Gasteiger partial charge in [-0.25, -0.2) is 0 Å². The van der Waals surface area contributed by atoms with Gasteiger partial charge in [0.2, 0.25) is 11.8 Å². The van der Waals surface area contributed by atoms with Gasteiger partial charge in [0, 0.05) is 13.0 Å². The number of hydrogen-bond acceptors (Lipinski definition) is 2. The molecule has 4 heteroatoms. The highest BCUT2D eigenvalue weighted by Crippen LogP contribution is 2.28. The molecule has 0 aromatic heterocycles. The van der Waals surface area contributed by atoms with Gasteiger partial charge in [-0.05, 0) is 11.5 Å². The van der Waals surface area contributed by atoms with E-state index in [0.717, 1.165) is 18.4 Å². The Morgan fingerprint density at radius 3 is 2.48 bits per heavy atom. The second kappa shape index (κ2) is 7.25. The van der Waals surface area contributed by atoms with Crippen LogP contribution in [0.2, 0.25) is 0 Å². The van der Waals surface area contributed by atoms with Crippen LogP contribution < -0.4 is 10.6 Å². The van der Waals surface area contributed by atoms with Crippen LogP contribution in [0.25, 0.3) is 0 Å². The molecule has 1 saturated heterocycles. The van der Waals surface area contributed by atoms with Crippen LogP contribution in [-0.4, -0.2) is 18.4 Å². The first-order chi connectivity index (χ1) is 10.2. The van der Waals surface area contributed by atoms with Crippen molar-refractivity contribution in [2.24, 2.45) is 11.8 Å². The number of hydrogen-bond donors (Lipinski definition) is 2. The Kier molecular flexibility index (Phi) is 5.37. The van der Waals surface area contributed by atoms with E-state index in [1.54, 1.807) is 0 Å². The summed E-state index contributed by atoms with van der Waals surface area (Å²) >= 11 is 0. The quantitative estimate of drug-likeness (QED) is 0.844. The minimum atomic E-state index is -0.238. The van der Waals surface area contributed by atoms with E-state index in [1.807, 2.05) is 18.2 Å². The third-order valence-corrected chi connectivity index (χ3v) is 4.32. The first kappa shape index (κ1) is 15.5. The van der Waals surface area contributed by atoms with Crippen molar-refractivity contribution in [1.29, 1.82) is 0 Å². The lowest BCUT2D eigenvalue weighted by Crippen LogP contribution is -2.38. The summed E-state index contributed by atoms with van der Waals surface area (Å²) in [6.07, 6.45) is 2.33. The molecule has 21 heavy (non-hydrogen) atoms. The van der Waals surface area contributed by atoms with E-state index in [1.165, 1.54) is 0 Å². The normalized spacial score (nSPS) is 19.4. The fourth-order valence-electron chi connectivity index (χ4n) is 2.96. The fourth-order valence-corrected chi connectivity index (χ4v) is 2.96. The topological polar surface area (TPSA) is 58.2 Å². The highest BCUT2D eigenvalue weighted by atomic mass is 16.2. The predicted molar refractivity (Wildman–Crippen MR) is 82.5 cm³/mol. The zero-order valence-electron chi connectivity index (χ0n) is 12.8. The van der Waals surface area contributed by atoms with E-state index in [-0.39, 0.29) is 23.8 Å². The SMILES string of the molecule is CCC(CC)C(NC(=O)C1CNC(=O)C1)c1ccccc1. The summed E-state index contributed by atoms with van der Waals surface area (Å²) in [7, 11) is 0. The van der Waals surface area contributed by atoms with E-state index in [0.29, 0.717) is 18.9 Å². The third-order valence-electron chi connectivity index (χ3n) is 4.32. The summed E-state index contributed by atoms with van der Waals surface area (Å²) in [4.78, 5) is 23.7. The number of carbonyl (C=O) groups excluding carboxylic acids is 2. The lowest BCUT2D eigenvalue weighted by molar-refractivity contribution is -0.127. The molecule has 2 amide bonds. The molecule has 0 radical (unpaired) electrons. The first-order valence-corrected chi connectivity index (χ1v) is 7.77. The second-order valence-electron chi connectivity index (χ2n) is 5.68. The van der Waals surface area contributed by atoms with Crippen LogP contribution in [0.4, 0.5) is 0 Å². The number of carbonyl (C=O) groups is 2. The number of rotatable bonds is 6. The molecule has 0 saturated carbocycles. The number of benzene rings is 1. The van der Waals surface area contributed by atoms with Crippen LogP contribution in [0.15, 0.2) is 30.3 Å². The van der Waals surface area contributed by atoms with Gasteiger partial charge >= 0.3 is 0 Å². The van der Waals surface area contributed by atoms with Crippen molar-refractivity contribution in [2.75, 3.05) is 6.54 Å². The molecule has 2 N–H and O–H groups in total. The number of amides is 2. The molecule has 2 atom stereocenters. The monoisotopic (exact) mass is 288 g/mol. The van der Waals surface area contributed by atoms with Crippen molar-refractivity contribution in [3.05, 3.63) is 35.9 Å². The molecule has 1 fully saturated rings. The largest absolute Gasteiger partial charge is 0.355 e. The van der Waals surface area contributed by atoms with Crippen LogP contribution in [0.5, 0.6) is 0 Å². The first-order valence-electron chi connectivity index (χ1n) is 7.77. The maximum absolute atomic E-state index is 12.4. The summed E-state index contributed by atoms with van der Waals surface area (Å²) in [5.41, 5.74) is 1.14. The molecule has 0 aliphatic carbocycles. The van der Waals surface area contributed by atoms with Crippen molar-refractivity contribution < 1.29 is 9.59 Å². The summed E-state index contributed by atoms with van der Waals surface area (Å²) in [5, 5.41) is 5.89. The van der Waals surface area contributed by atoms with Crippen molar-refractivity contribution in [2.45, 2.75) is 39.2 Å². The highest BCUT2D eigenvalue weighted by molar-refractivity contribution is 5.89. The molecule has 1 aromatic carbocycles. The van der Waals surface area contributed by atoms with Crippen LogP contribution >= 0.6 is 0 Å². The van der Waals surface area contributed by atoms with Gasteiger partial charge in [-0.3, -0.25) is 9.59 Å². The highest BCUT2D eigenvalue weighted by Gasteiger charge is 2.31. The zero-order valence-corrected chi connectivity index (χ0v) is 12.8.